The second kappa shape index (κ2) is 6.58. The molecule has 2 aliphatic carbocycles. The molecule has 3 heterocycles. The summed E-state index contributed by atoms with van der Waals surface area (Å²) in [6, 6.07) is 4.02. The van der Waals surface area contributed by atoms with Crippen molar-refractivity contribution in [3.05, 3.63) is 47.5 Å². The van der Waals surface area contributed by atoms with Gasteiger partial charge in [-0.2, -0.15) is 5.10 Å². The Morgan fingerprint density at radius 3 is 2.89 bits per heavy atom. The summed E-state index contributed by atoms with van der Waals surface area (Å²) < 4.78 is 7.85. The number of aromatic nitrogens is 4. The Bertz CT molecular complexity index is 1040. The minimum Gasteiger partial charge on any atom is -0.474 e. The molecule has 2 aliphatic rings. The summed E-state index contributed by atoms with van der Waals surface area (Å²) in [6.07, 6.45) is 12.0. The summed E-state index contributed by atoms with van der Waals surface area (Å²) in [5.74, 6) is 0.737. The van der Waals surface area contributed by atoms with Gasteiger partial charge in [-0.05, 0) is 56.7 Å². The number of carbonyl (C=O) groups is 1. The monoisotopic (exact) mass is 377 g/mol. The molecule has 5 rings (SSSR count). The van der Waals surface area contributed by atoms with Crippen LogP contribution in [0, 0.1) is 6.92 Å². The maximum atomic E-state index is 11.0. The standard InChI is InChI=1S/C21H23N5O2/c1-14-9-15(10-23-20(14)28-16-3-2-4-16)11-26-12-17-18(25-26)5-8-22-19(17)21(6-7-21)24-13-27/h5,8-10,12-13,16H,2-4,6-7,11H2,1H3,(H,24,27). The molecule has 7 nitrogen and oxygen atoms in total. The molecule has 3 aromatic heterocycles. The maximum absolute atomic E-state index is 11.0. The fourth-order valence-corrected chi connectivity index (χ4v) is 3.81. The Balaban J connectivity index is 1.40. The largest absolute Gasteiger partial charge is 0.474 e. The first-order valence-corrected chi connectivity index (χ1v) is 9.83. The van der Waals surface area contributed by atoms with Gasteiger partial charge in [-0.3, -0.25) is 14.5 Å². The van der Waals surface area contributed by atoms with Crippen molar-refractivity contribution in [1.29, 1.82) is 0 Å². The number of nitrogens with one attached hydrogen (secondary N) is 1. The Hall–Kier alpha value is -2.96. The van der Waals surface area contributed by atoms with Crippen LogP contribution in [0.1, 0.15) is 48.9 Å². The van der Waals surface area contributed by atoms with Gasteiger partial charge in [0.25, 0.3) is 0 Å². The fourth-order valence-electron chi connectivity index (χ4n) is 3.81. The van der Waals surface area contributed by atoms with Crippen LogP contribution in [0.3, 0.4) is 0 Å². The first-order valence-electron chi connectivity index (χ1n) is 9.83. The lowest BCUT2D eigenvalue weighted by molar-refractivity contribution is -0.110. The number of hydrogen-bond acceptors (Lipinski definition) is 5. The van der Waals surface area contributed by atoms with E-state index in [4.69, 9.17) is 9.84 Å². The van der Waals surface area contributed by atoms with Gasteiger partial charge in [0.1, 0.15) is 6.10 Å². The van der Waals surface area contributed by atoms with Crippen molar-refractivity contribution in [3.63, 3.8) is 0 Å². The zero-order valence-electron chi connectivity index (χ0n) is 15.9. The van der Waals surface area contributed by atoms with Crippen LogP contribution >= 0.6 is 0 Å². The number of hydrogen-bond donors (Lipinski definition) is 1. The van der Waals surface area contributed by atoms with Crippen molar-refractivity contribution >= 4 is 17.3 Å². The molecule has 0 bridgehead atoms. The molecule has 28 heavy (non-hydrogen) atoms. The third-order valence-electron chi connectivity index (χ3n) is 5.78. The zero-order chi connectivity index (χ0) is 19.1. The second-order valence-corrected chi connectivity index (χ2v) is 7.90. The van der Waals surface area contributed by atoms with Crippen molar-refractivity contribution in [2.75, 3.05) is 0 Å². The van der Waals surface area contributed by atoms with E-state index in [0.29, 0.717) is 12.6 Å². The van der Waals surface area contributed by atoms with Crippen molar-refractivity contribution in [3.8, 4) is 5.88 Å². The molecule has 0 spiro atoms. The minimum atomic E-state index is -0.326. The summed E-state index contributed by atoms with van der Waals surface area (Å²) in [6.45, 7) is 2.66. The van der Waals surface area contributed by atoms with E-state index in [9.17, 15) is 4.79 Å². The topological polar surface area (TPSA) is 81.9 Å². The average Bonchev–Trinajstić information content (AvgIpc) is 3.30. The lowest BCUT2D eigenvalue weighted by Crippen LogP contribution is -2.28. The molecule has 1 N–H and O–H groups in total. The highest BCUT2D eigenvalue weighted by molar-refractivity contribution is 5.82. The molecule has 2 saturated carbocycles. The van der Waals surface area contributed by atoms with Gasteiger partial charge in [0.2, 0.25) is 12.3 Å². The summed E-state index contributed by atoms with van der Waals surface area (Å²) in [5, 5.41) is 8.62. The molecule has 0 saturated heterocycles. The minimum absolute atomic E-state index is 0.326. The highest BCUT2D eigenvalue weighted by atomic mass is 16.5. The van der Waals surface area contributed by atoms with E-state index in [0.717, 1.165) is 65.7 Å². The SMILES string of the molecule is Cc1cc(Cn2cc3c(C4(NC=O)CC4)nccc3n2)cnc1OC1CCC1. The lowest BCUT2D eigenvalue weighted by atomic mass is 9.96. The number of rotatable bonds is 7. The summed E-state index contributed by atoms with van der Waals surface area (Å²) in [5.41, 5.74) is 3.59. The van der Waals surface area contributed by atoms with Gasteiger partial charge in [0.05, 0.1) is 23.3 Å². The highest BCUT2D eigenvalue weighted by Gasteiger charge is 2.46. The van der Waals surface area contributed by atoms with E-state index in [2.05, 4.69) is 21.4 Å². The first kappa shape index (κ1) is 17.2. The number of aryl methyl sites for hydroxylation is 1. The summed E-state index contributed by atoms with van der Waals surface area (Å²) >= 11 is 0. The van der Waals surface area contributed by atoms with E-state index >= 15 is 0 Å². The predicted molar refractivity (Wildman–Crippen MR) is 104 cm³/mol. The number of amides is 1. The van der Waals surface area contributed by atoms with E-state index in [1.807, 2.05) is 30.1 Å². The number of pyridine rings is 2. The van der Waals surface area contributed by atoms with Crippen LogP contribution in [-0.2, 0) is 16.9 Å². The Morgan fingerprint density at radius 2 is 2.21 bits per heavy atom. The molecule has 1 amide bonds. The van der Waals surface area contributed by atoms with E-state index in [1.165, 1.54) is 6.42 Å². The Labute approximate surface area is 163 Å². The molecule has 0 atom stereocenters. The molecule has 2 fully saturated rings. The molecule has 0 radical (unpaired) electrons. The van der Waals surface area contributed by atoms with Gasteiger partial charge < -0.3 is 10.1 Å². The first-order chi connectivity index (χ1) is 13.7. The number of carbonyl (C=O) groups excluding carboxylic acids is 1. The van der Waals surface area contributed by atoms with Gasteiger partial charge >= 0.3 is 0 Å². The highest BCUT2D eigenvalue weighted by Crippen LogP contribution is 2.46. The normalized spacial score (nSPS) is 17.9. The molecule has 3 aromatic rings. The smallest absolute Gasteiger partial charge is 0.216 e. The van der Waals surface area contributed by atoms with Crippen LogP contribution in [0.15, 0.2) is 30.7 Å². The Morgan fingerprint density at radius 1 is 1.36 bits per heavy atom. The lowest BCUT2D eigenvalue weighted by Gasteiger charge is -2.26. The quantitative estimate of drug-likeness (QED) is 0.640. The molecule has 0 aromatic carbocycles. The van der Waals surface area contributed by atoms with Crippen molar-refractivity contribution < 1.29 is 9.53 Å². The maximum Gasteiger partial charge on any atom is 0.216 e. The average molecular weight is 377 g/mol. The molecule has 0 unspecified atom stereocenters. The van der Waals surface area contributed by atoms with Crippen molar-refractivity contribution in [2.24, 2.45) is 0 Å². The third-order valence-corrected chi connectivity index (χ3v) is 5.78. The number of ether oxygens (including phenoxy) is 1. The van der Waals surface area contributed by atoms with Crippen LogP contribution in [0.25, 0.3) is 10.9 Å². The van der Waals surface area contributed by atoms with Crippen LogP contribution < -0.4 is 10.1 Å². The fraction of sp³-hybridized carbons (Fsp3) is 0.429. The van der Waals surface area contributed by atoms with Crippen LogP contribution in [0.2, 0.25) is 0 Å². The van der Waals surface area contributed by atoms with Crippen molar-refractivity contribution in [2.45, 2.75) is 57.2 Å². The Kier molecular flexibility index (Phi) is 4.03. The molecular weight excluding hydrogens is 354 g/mol. The molecular formula is C21H23N5O2. The zero-order valence-corrected chi connectivity index (χ0v) is 15.9. The van der Waals surface area contributed by atoms with Gasteiger partial charge in [0.15, 0.2) is 0 Å². The predicted octanol–water partition coefficient (Wildman–Crippen LogP) is 2.85. The van der Waals surface area contributed by atoms with Gasteiger partial charge in [-0.25, -0.2) is 4.98 Å². The summed E-state index contributed by atoms with van der Waals surface area (Å²) in [4.78, 5) is 20.0. The van der Waals surface area contributed by atoms with Crippen LogP contribution in [-0.4, -0.2) is 32.3 Å². The van der Waals surface area contributed by atoms with Gasteiger partial charge in [-0.15, -0.1) is 0 Å². The van der Waals surface area contributed by atoms with Crippen molar-refractivity contribution in [1.82, 2.24) is 25.1 Å². The molecule has 7 heteroatoms. The van der Waals surface area contributed by atoms with Gasteiger partial charge in [-0.1, -0.05) is 0 Å². The van der Waals surface area contributed by atoms with E-state index < -0.39 is 0 Å². The van der Waals surface area contributed by atoms with Crippen LogP contribution in [0.4, 0.5) is 0 Å². The third kappa shape index (κ3) is 3.00. The van der Waals surface area contributed by atoms with E-state index in [-0.39, 0.29) is 5.54 Å². The van der Waals surface area contributed by atoms with Gasteiger partial charge in [0, 0.05) is 29.5 Å². The number of fused-ring (bicyclic) bond motifs is 1. The molecule has 144 valence electrons. The summed E-state index contributed by atoms with van der Waals surface area (Å²) in [7, 11) is 0. The second-order valence-electron chi connectivity index (χ2n) is 7.90. The molecule has 0 aliphatic heterocycles. The van der Waals surface area contributed by atoms with Crippen LogP contribution in [0.5, 0.6) is 5.88 Å². The van der Waals surface area contributed by atoms with E-state index in [1.54, 1.807) is 6.20 Å². The number of nitrogens with zero attached hydrogens (tertiary/aromatic N) is 4.